The van der Waals surface area contributed by atoms with Crippen molar-refractivity contribution in [2.24, 2.45) is 0 Å². The molecule has 6 heteroatoms. The first kappa shape index (κ1) is 33.6. The van der Waals surface area contributed by atoms with E-state index in [0.29, 0.717) is 0 Å². The third-order valence-electron chi connectivity index (χ3n) is 12.4. The second-order valence-corrected chi connectivity index (χ2v) is 15.9. The summed E-state index contributed by atoms with van der Waals surface area (Å²) in [7, 11) is 0. The first-order chi connectivity index (χ1) is 29.0. The Morgan fingerprint density at radius 1 is 0.508 bits per heavy atom. The van der Waals surface area contributed by atoms with Gasteiger partial charge in [0.05, 0.1) is 22.3 Å². The maximum atomic E-state index is 6.92. The number of para-hydroxylation sites is 1. The van der Waals surface area contributed by atoms with Gasteiger partial charge in [-0.1, -0.05) is 103 Å². The fraction of sp³-hybridized carbons (Fsp3) is 0.0755. The van der Waals surface area contributed by atoms with Crippen LogP contribution in [0.3, 0.4) is 0 Å². The van der Waals surface area contributed by atoms with Crippen LogP contribution in [0.5, 0.6) is 11.5 Å². The van der Waals surface area contributed by atoms with Gasteiger partial charge in [0.15, 0.2) is 0 Å². The quantitative estimate of drug-likeness (QED) is 0.164. The van der Waals surface area contributed by atoms with E-state index in [1.165, 1.54) is 38.8 Å². The number of nitrogens with zero attached hydrogens (tertiary/aromatic N) is 5. The molecule has 280 valence electrons. The van der Waals surface area contributed by atoms with Gasteiger partial charge in [-0.05, 0) is 108 Å². The summed E-state index contributed by atoms with van der Waals surface area (Å²) in [6.07, 6.45) is 5.87. The van der Waals surface area contributed by atoms with E-state index in [9.17, 15) is 0 Å². The van der Waals surface area contributed by atoms with E-state index in [2.05, 4.69) is 175 Å². The maximum Gasteiger partial charge on any atom is 0.147 e. The molecule has 0 saturated carbocycles. The van der Waals surface area contributed by atoms with Crippen LogP contribution in [0, 0.1) is 20.8 Å². The highest BCUT2D eigenvalue weighted by molar-refractivity contribution is 6.12. The van der Waals surface area contributed by atoms with Gasteiger partial charge < -0.3 is 4.74 Å². The number of rotatable bonds is 5. The molecule has 0 saturated heterocycles. The second kappa shape index (κ2) is 12.5. The van der Waals surface area contributed by atoms with E-state index < -0.39 is 5.41 Å². The third-order valence-corrected chi connectivity index (χ3v) is 12.4. The van der Waals surface area contributed by atoms with Crippen molar-refractivity contribution in [2.75, 3.05) is 0 Å². The Hall–Kier alpha value is -7.57. The molecular weight excluding hydrogens is 723 g/mol. The van der Waals surface area contributed by atoms with Crippen molar-refractivity contribution < 1.29 is 4.74 Å². The fourth-order valence-electron chi connectivity index (χ4n) is 10.2. The molecule has 0 unspecified atom stereocenters. The van der Waals surface area contributed by atoms with E-state index in [-0.39, 0.29) is 0 Å². The molecule has 0 spiro atoms. The summed E-state index contributed by atoms with van der Waals surface area (Å²) in [6.45, 7) is 6.47. The van der Waals surface area contributed by atoms with Crippen molar-refractivity contribution >= 4 is 49.4 Å². The Labute approximate surface area is 340 Å². The van der Waals surface area contributed by atoms with Gasteiger partial charge >= 0.3 is 0 Å². The van der Waals surface area contributed by atoms with Crippen LogP contribution in [0.15, 0.2) is 170 Å². The van der Waals surface area contributed by atoms with Gasteiger partial charge in [-0.2, -0.15) is 0 Å². The van der Waals surface area contributed by atoms with Crippen molar-refractivity contribution in [1.82, 2.24) is 23.9 Å². The number of hydrogen-bond acceptors (Lipinski definition) is 4. The predicted octanol–water partition coefficient (Wildman–Crippen LogP) is 12.6. The molecule has 12 rings (SSSR count). The number of benzene rings is 6. The Balaban J connectivity index is 1.08. The van der Waals surface area contributed by atoms with Crippen molar-refractivity contribution in [3.8, 4) is 28.4 Å². The normalized spacial score (nSPS) is 13.1. The minimum absolute atomic E-state index is 0.601. The molecule has 1 aliphatic heterocycles. The second-order valence-electron chi connectivity index (χ2n) is 15.9. The van der Waals surface area contributed by atoms with Crippen LogP contribution in [0.4, 0.5) is 0 Å². The number of imidazole rings is 1. The summed E-state index contributed by atoms with van der Waals surface area (Å²) < 4.78 is 11.4. The first-order valence-corrected chi connectivity index (χ1v) is 20.1. The summed E-state index contributed by atoms with van der Waals surface area (Å²) in [6, 6.07) is 54.2. The smallest absolute Gasteiger partial charge is 0.147 e. The molecule has 6 heterocycles. The summed E-state index contributed by atoms with van der Waals surface area (Å²) in [4.78, 5) is 15.2. The number of fused-ring (bicyclic) bond motifs is 11. The Morgan fingerprint density at radius 3 is 1.88 bits per heavy atom. The molecule has 0 N–H and O–H groups in total. The number of aromatic nitrogens is 5. The topological polar surface area (TPSA) is 57.2 Å². The van der Waals surface area contributed by atoms with Crippen molar-refractivity contribution in [3.63, 3.8) is 0 Å². The third kappa shape index (κ3) is 4.71. The molecule has 5 aromatic heterocycles. The van der Waals surface area contributed by atoms with Crippen LogP contribution in [0.2, 0.25) is 0 Å². The Morgan fingerprint density at radius 2 is 1.15 bits per heavy atom. The maximum absolute atomic E-state index is 6.92. The molecular formula is C53H37N5O. The lowest BCUT2D eigenvalue weighted by atomic mass is 9.63. The minimum Gasteiger partial charge on any atom is -0.457 e. The van der Waals surface area contributed by atoms with E-state index in [1.54, 1.807) is 0 Å². The molecule has 0 fully saturated rings. The molecule has 6 nitrogen and oxygen atoms in total. The van der Waals surface area contributed by atoms with Gasteiger partial charge in [0.25, 0.3) is 0 Å². The van der Waals surface area contributed by atoms with E-state index in [1.807, 2.05) is 24.5 Å². The monoisotopic (exact) mass is 759 g/mol. The standard InChI is InChI=1S/C53H37N5O/c1-32-27-33(2)48(34(3)28-32)46-31-57-50-41(18-11-25-54-50)39-23-21-37(29-43(39)52(57)56-46)59-38-22-24-44-47(30-38)58-49-40(42-19-12-26-55-51(42)58)17-10-20-45(49)53(44,35-13-6-4-7-14-35)36-15-8-5-9-16-36/h4-31H,1-3H3. The molecule has 0 radical (unpaired) electrons. The van der Waals surface area contributed by atoms with Crippen LogP contribution < -0.4 is 4.74 Å². The zero-order chi connectivity index (χ0) is 39.4. The fourth-order valence-corrected chi connectivity index (χ4v) is 10.2. The number of ether oxygens (including phenoxy) is 1. The molecule has 1 aliphatic rings. The van der Waals surface area contributed by atoms with Gasteiger partial charge in [-0.25, -0.2) is 15.0 Å². The minimum atomic E-state index is -0.601. The van der Waals surface area contributed by atoms with Crippen molar-refractivity contribution in [1.29, 1.82) is 0 Å². The van der Waals surface area contributed by atoms with Crippen LogP contribution in [-0.4, -0.2) is 23.9 Å². The largest absolute Gasteiger partial charge is 0.457 e. The van der Waals surface area contributed by atoms with E-state index in [0.717, 1.165) is 78.0 Å². The summed E-state index contributed by atoms with van der Waals surface area (Å²) in [5, 5.41) is 5.43. The number of aryl methyl sites for hydroxylation is 3. The zero-order valence-corrected chi connectivity index (χ0v) is 32.8. The lowest BCUT2D eigenvalue weighted by molar-refractivity contribution is 0.482. The first-order valence-electron chi connectivity index (χ1n) is 20.1. The average molecular weight is 760 g/mol. The molecule has 59 heavy (non-hydrogen) atoms. The van der Waals surface area contributed by atoms with Gasteiger partial charge in [-0.15, -0.1) is 0 Å². The lowest BCUT2D eigenvalue weighted by Gasteiger charge is -2.41. The van der Waals surface area contributed by atoms with Gasteiger partial charge in [-0.3, -0.25) is 8.97 Å². The highest BCUT2D eigenvalue weighted by Crippen LogP contribution is 2.54. The molecule has 6 aromatic carbocycles. The summed E-state index contributed by atoms with van der Waals surface area (Å²) >= 11 is 0. The number of hydrogen-bond donors (Lipinski definition) is 0. The predicted molar refractivity (Wildman–Crippen MR) is 238 cm³/mol. The van der Waals surface area contributed by atoms with Gasteiger partial charge in [0, 0.05) is 51.8 Å². The van der Waals surface area contributed by atoms with Gasteiger partial charge in [0.2, 0.25) is 0 Å². The molecule has 11 aromatic rings. The highest BCUT2D eigenvalue weighted by atomic mass is 16.5. The SMILES string of the molecule is Cc1cc(C)c(-c2cn3c4ncccc4c4ccc(Oc5ccc6c(c5)-n5c7ncccc7c7cccc(c75)C6(c5ccccc5)c5ccccc5)cc4c3n2)c(C)c1. The lowest BCUT2D eigenvalue weighted by Crippen LogP contribution is -2.35. The Bertz CT molecular complexity index is 3450. The van der Waals surface area contributed by atoms with Crippen LogP contribution in [0.1, 0.15) is 38.9 Å². The van der Waals surface area contributed by atoms with Crippen LogP contribution >= 0.6 is 0 Å². The van der Waals surface area contributed by atoms with Crippen LogP contribution in [-0.2, 0) is 5.41 Å². The molecule has 0 amide bonds. The molecule has 0 aliphatic carbocycles. The van der Waals surface area contributed by atoms with Gasteiger partial charge in [0.1, 0.15) is 28.4 Å². The molecule has 0 atom stereocenters. The summed E-state index contributed by atoms with van der Waals surface area (Å²) in [5.74, 6) is 1.46. The Kier molecular flexibility index (Phi) is 7.09. The van der Waals surface area contributed by atoms with Crippen molar-refractivity contribution in [2.45, 2.75) is 26.2 Å². The number of pyridine rings is 3. The average Bonchev–Trinajstić information content (AvgIpc) is 3.86. The highest BCUT2D eigenvalue weighted by Gasteiger charge is 2.45. The van der Waals surface area contributed by atoms with E-state index in [4.69, 9.17) is 19.7 Å². The van der Waals surface area contributed by atoms with E-state index >= 15 is 0 Å². The summed E-state index contributed by atoms with van der Waals surface area (Å²) in [5.41, 5.74) is 14.8. The zero-order valence-electron chi connectivity index (χ0n) is 32.8. The van der Waals surface area contributed by atoms with Crippen LogP contribution in [0.25, 0.3) is 66.3 Å². The molecule has 0 bridgehead atoms. The van der Waals surface area contributed by atoms with Crippen molar-refractivity contribution in [3.05, 3.63) is 209 Å².